The Labute approximate surface area is 176 Å². The number of aryl methyl sites for hydroxylation is 2. The molecule has 1 aliphatic heterocycles. The summed E-state index contributed by atoms with van der Waals surface area (Å²) < 4.78 is 33.9. The Morgan fingerprint density at radius 1 is 1.20 bits per heavy atom. The average molecular weight is 434 g/mol. The number of anilines is 1. The lowest BCUT2D eigenvalue weighted by Crippen LogP contribution is -2.49. The molecule has 9 heteroatoms. The monoisotopic (exact) mass is 433 g/mol. The summed E-state index contributed by atoms with van der Waals surface area (Å²) in [7, 11) is -3.93. The molecule has 3 rings (SSSR count). The van der Waals surface area contributed by atoms with E-state index < -0.39 is 22.0 Å². The lowest BCUT2D eigenvalue weighted by Gasteiger charge is -2.22. The third-order valence-corrected chi connectivity index (χ3v) is 6.41. The number of benzene rings is 1. The molecule has 3 N–H and O–H groups in total. The highest BCUT2D eigenvalue weighted by Gasteiger charge is 2.29. The molecule has 1 aliphatic rings. The summed E-state index contributed by atoms with van der Waals surface area (Å²) in [6.07, 6.45) is 1.66. The molecule has 30 heavy (non-hydrogen) atoms. The van der Waals surface area contributed by atoms with E-state index in [9.17, 15) is 18.0 Å². The molecule has 1 aromatic heterocycles. The van der Waals surface area contributed by atoms with Gasteiger partial charge in [-0.05, 0) is 61.6 Å². The maximum absolute atomic E-state index is 13.0. The van der Waals surface area contributed by atoms with Gasteiger partial charge in [0, 0.05) is 12.1 Å². The number of carbonyl (C=O) groups excluding carboxylic acids is 2. The lowest BCUT2D eigenvalue weighted by molar-refractivity contribution is -0.124. The first-order chi connectivity index (χ1) is 14.2. The largest absolute Gasteiger partial charge is 0.465 e. The number of carbonyl (C=O) groups is 2. The molecule has 0 fully saturated rings. The van der Waals surface area contributed by atoms with Gasteiger partial charge in [0.05, 0.1) is 11.4 Å². The first-order valence-corrected chi connectivity index (χ1v) is 11.4. The molecular formula is C21H27N3O5S. The molecule has 1 atom stereocenters. The van der Waals surface area contributed by atoms with E-state index in [1.807, 2.05) is 6.92 Å². The molecule has 2 amide bonds. The molecule has 2 aromatic rings. The number of amides is 2. The van der Waals surface area contributed by atoms with Crippen LogP contribution in [0.5, 0.6) is 0 Å². The lowest BCUT2D eigenvalue weighted by atomic mass is 10.1. The van der Waals surface area contributed by atoms with Gasteiger partial charge in [-0.15, -0.1) is 0 Å². The summed E-state index contributed by atoms with van der Waals surface area (Å²) in [5.74, 6) is 0.562. The van der Waals surface area contributed by atoms with Gasteiger partial charge in [-0.25, -0.2) is 8.42 Å². The Balaban J connectivity index is 1.74. The van der Waals surface area contributed by atoms with Crippen LogP contribution in [0.1, 0.15) is 43.8 Å². The summed E-state index contributed by atoms with van der Waals surface area (Å²) in [5.41, 5.74) is 1.39. The molecule has 1 unspecified atom stereocenters. The van der Waals surface area contributed by atoms with Crippen LogP contribution >= 0.6 is 0 Å². The van der Waals surface area contributed by atoms with Crippen LogP contribution in [0.4, 0.5) is 5.69 Å². The first-order valence-electron chi connectivity index (χ1n) is 9.94. The van der Waals surface area contributed by atoms with Gasteiger partial charge in [-0.1, -0.05) is 13.8 Å². The fourth-order valence-corrected chi connectivity index (χ4v) is 4.70. The van der Waals surface area contributed by atoms with E-state index in [1.165, 1.54) is 6.07 Å². The molecule has 162 valence electrons. The molecule has 0 saturated heterocycles. The van der Waals surface area contributed by atoms with Crippen LogP contribution in [-0.4, -0.2) is 26.3 Å². The zero-order valence-corrected chi connectivity index (χ0v) is 18.1. The van der Waals surface area contributed by atoms with Crippen LogP contribution < -0.4 is 15.4 Å². The fraction of sp³-hybridized carbons (Fsp3) is 0.429. The summed E-state index contributed by atoms with van der Waals surface area (Å²) in [4.78, 5) is 24.4. The predicted molar refractivity (Wildman–Crippen MR) is 112 cm³/mol. The van der Waals surface area contributed by atoms with Crippen LogP contribution in [-0.2, 0) is 32.6 Å². The van der Waals surface area contributed by atoms with Crippen molar-refractivity contribution in [3.05, 3.63) is 47.4 Å². The van der Waals surface area contributed by atoms with Gasteiger partial charge in [-0.2, -0.15) is 4.72 Å². The standard InChI is InChI=1S/C21H27N3O5S/c1-13(2)20(21(26)22-12-16-8-7-14(3)29-16)24-30(27,28)17-9-10-18-15(11-17)5-4-6-19(25)23-18/h7-11,13,20,24H,4-6,12H2,1-3H3,(H,22,26)(H,23,25). The number of hydrogen-bond acceptors (Lipinski definition) is 5. The minimum atomic E-state index is -3.93. The van der Waals surface area contributed by atoms with Gasteiger partial charge < -0.3 is 15.1 Å². The topological polar surface area (TPSA) is 118 Å². The maximum Gasteiger partial charge on any atom is 0.241 e. The Bertz CT molecular complexity index is 1040. The fourth-order valence-electron chi connectivity index (χ4n) is 3.31. The van der Waals surface area contributed by atoms with Gasteiger partial charge in [0.25, 0.3) is 0 Å². The second-order valence-corrected chi connectivity index (χ2v) is 9.51. The van der Waals surface area contributed by atoms with Gasteiger partial charge >= 0.3 is 0 Å². The molecule has 0 saturated carbocycles. The Hall–Kier alpha value is -2.65. The molecule has 0 aliphatic carbocycles. The Morgan fingerprint density at radius 2 is 1.97 bits per heavy atom. The molecule has 0 spiro atoms. The smallest absolute Gasteiger partial charge is 0.241 e. The molecular weight excluding hydrogens is 406 g/mol. The number of furan rings is 1. The van der Waals surface area contributed by atoms with E-state index in [0.717, 1.165) is 11.3 Å². The minimum Gasteiger partial charge on any atom is -0.465 e. The number of nitrogens with one attached hydrogen (secondary N) is 3. The quantitative estimate of drug-likeness (QED) is 0.620. The first kappa shape index (κ1) is 22.0. The number of hydrogen-bond donors (Lipinski definition) is 3. The van der Waals surface area contributed by atoms with Crippen molar-refractivity contribution in [3.63, 3.8) is 0 Å². The van der Waals surface area contributed by atoms with Crippen LogP contribution in [0, 0.1) is 12.8 Å². The van der Waals surface area contributed by atoms with Crippen molar-refractivity contribution in [1.29, 1.82) is 0 Å². The van der Waals surface area contributed by atoms with Crippen molar-refractivity contribution >= 4 is 27.5 Å². The van der Waals surface area contributed by atoms with E-state index >= 15 is 0 Å². The molecule has 2 heterocycles. The maximum atomic E-state index is 13.0. The van der Waals surface area contributed by atoms with E-state index in [4.69, 9.17) is 4.42 Å². The van der Waals surface area contributed by atoms with E-state index in [0.29, 0.717) is 30.7 Å². The zero-order chi connectivity index (χ0) is 21.9. The highest BCUT2D eigenvalue weighted by atomic mass is 32.2. The van der Waals surface area contributed by atoms with E-state index in [2.05, 4.69) is 15.4 Å². The van der Waals surface area contributed by atoms with E-state index in [-0.39, 0.29) is 23.3 Å². The molecule has 8 nitrogen and oxygen atoms in total. The van der Waals surface area contributed by atoms with Gasteiger partial charge in [-0.3, -0.25) is 9.59 Å². The highest BCUT2D eigenvalue weighted by molar-refractivity contribution is 7.89. The summed E-state index contributed by atoms with van der Waals surface area (Å²) in [6.45, 7) is 5.53. The Kier molecular flexibility index (Phi) is 6.62. The second kappa shape index (κ2) is 9.01. The van der Waals surface area contributed by atoms with Crippen molar-refractivity contribution in [3.8, 4) is 0 Å². The third kappa shape index (κ3) is 5.28. The highest BCUT2D eigenvalue weighted by Crippen LogP contribution is 2.25. The van der Waals surface area contributed by atoms with Crippen molar-refractivity contribution in [1.82, 2.24) is 10.0 Å². The van der Waals surface area contributed by atoms with Crippen LogP contribution in [0.3, 0.4) is 0 Å². The van der Waals surface area contributed by atoms with Crippen molar-refractivity contribution in [2.45, 2.75) is 57.5 Å². The molecule has 0 radical (unpaired) electrons. The summed E-state index contributed by atoms with van der Waals surface area (Å²) in [6, 6.07) is 7.21. The SMILES string of the molecule is Cc1ccc(CNC(=O)C(NS(=O)(=O)c2ccc3c(c2)CCCC(=O)N3)C(C)C)o1. The normalized spacial score (nSPS) is 15.3. The van der Waals surface area contributed by atoms with Gasteiger partial charge in [0.1, 0.15) is 17.6 Å². The molecule has 0 bridgehead atoms. The predicted octanol–water partition coefficient (Wildman–Crippen LogP) is 2.48. The van der Waals surface area contributed by atoms with Gasteiger partial charge in [0.2, 0.25) is 21.8 Å². The average Bonchev–Trinajstić information content (AvgIpc) is 3.00. The second-order valence-electron chi connectivity index (χ2n) is 7.79. The number of rotatable bonds is 7. The van der Waals surface area contributed by atoms with Gasteiger partial charge in [0.15, 0.2) is 0 Å². The number of sulfonamides is 1. The summed E-state index contributed by atoms with van der Waals surface area (Å²) in [5, 5.41) is 5.51. The third-order valence-electron chi connectivity index (χ3n) is 4.98. The van der Waals surface area contributed by atoms with Crippen LogP contribution in [0.2, 0.25) is 0 Å². The summed E-state index contributed by atoms with van der Waals surface area (Å²) >= 11 is 0. The van der Waals surface area contributed by atoms with E-state index in [1.54, 1.807) is 38.1 Å². The van der Waals surface area contributed by atoms with Crippen LogP contribution in [0.25, 0.3) is 0 Å². The Morgan fingerprint density at radius 3 is 2.63 bits per heavy atom. The van der Waals surface area contributed by atoms with Crippen molar-refractivity contribution < 1.29 is 22.4 Å². The number of fused-ring (bicyclic) bond motifs is 1. The van der Waals surface area contributed by atoms with Crippen LogP contribution in [0.15, 0.2) is 39.6 Å². The minimum absolute atomic E-state index is 0.0671. The van der Waals surface area contributed by atoms with Crippen molar-refractivity contribution in [2.24, 2.45) is 5.92 Å². The van der Waals surface area contributed by atoms with Crippen molar-refractivity contribution in [2.75, 3.05) is 5.32 Å². The molecule has 1 aromatic carbocycles. The zero-order valence-electron chi connectivity index (χ0n) is 17.3.